The van der Waals surface area contributed by atoms with Crippen molar-refractivity contribution in [2.24, 2.45) is 11.7 Å². The zero-order chi connectivity index (χ0) is 15.5. The van der Waals surface area contributed by atoms with Crippen molar-refractivity contribution in [3.63, 3.8) is 0 Å². The number of nitrogens with one attached hydrogen (secondary N) is 1. The number of anilines is 1. The molecule has 0 spiro atoms. The van der Waals surface area contributed by atoms with Crippen LogP contribution in [0.3, 0.4) is 0 Å². The van der Waals surface area contributed by atoms with Gasteiger partial charge < -0.3 is 11.1 Å². The number of benzene rings is 1. The van der Waals surface area contributed by atoms with E-state index in [1.54, 1.807) is 0 Å². The van der Waals surface area contributed by atoms with Gasteiger partial charge in [-0.3, -0.25) is 4.79 Å². The third-order valence-electron chi connectivity index (χ3n) is 2.60. The molecule has 1 aromatic rings. The fourth-order valence-corrected chi connectivity index (χ4v) is 1.89. The van der Waals surface area contributed by atoms with Crippen molar-refractivity contribution in [1.29, 1.82) is 0 Å². The summed E-state index contributed by atoms with van der Waals surface area (Å²) in [6, 6.07) is 2.42. The van der Waals surface area contributed by atoms with Gasteiger partial charge in [-0.25, -0.2) is 0 Å². The Hall–Kier alpha value is -1.27. The summed E-state index contributed by atoms with van der Waals surface area (Å²) in [5, 5.41) is 1.95. The molecular formula is C13H16ClF3N2O. The summed E-state index contributed by atoms with van der Waals surface area (Å²) in [5.74, 6) is -0.305. The van der Waals surface area contributed by atoms with E-state index in [0.29, 0.717) is 6.42 Å². The van der Waals surface area contributed by atoms with Crippen LogP contribution in [0.5, 0.6) is 0 Å². The van der Waals surface area contributed by atoms with E-state index in [2.05, 4.69) is 5.32 Å². The average Bonchev–Trinajstić information content (AvgIpc) is 2.29. The van der Waals surface area contributed by atoms with Crippen LogP contribution in [-0.2, 0) is 11.0 Å². The Morgan fingerprint density at radius 2 is 2.00 bits per heavy atom. The first-order valence-corrected chi connectivity index (χ1v) is 6.42. The normalized spacial score (nSPS) is 13.4. The van der Waals surface area contributed by atoms with E-state index >= 15 is 0 Å². The largest absolute Gasteiger partial charge is 0.417 e. The molecule has 0 unspecified atom stereocenters. The van der Waals surface area contributed by atoms with E-state index in [-0.39, 0.29) is 11.6 Å². The van der Waals surface area contributed by atoms with Crippen molar-refractivity contribution < 1.29 is 18.0 Å². The Morgan fingerprint density at radius 1 is 1.40 bits per heavy atom. The molecule has 0 radical (unpaired) electrons. The van der Waals surface area contributed by atoms with Crippen LogP contribution < -0.4 is 11.1 Å². The van der Waals surface area contributed by atoms with Crippen molar-refractivity contribution in [2.45, 2.75) is 32.5 Å². The molecule has 0 aliphatic rings. The van der Waals surface area contributed by atoms with Crippen molar-refractivity contribution >= 4 is 23.2 Å². The van der Waals surface area contributed by atoms with Crippen LogP contribution in [0.2, 0.25) is 5.02 Å². The second-order valence-corrected chi connectivity index (χ2v) is 5.32. The highest BCUT2D eigenvalue weighted by atomic mass is 35.5. The molecule has 0 aliphatic heterocycles. The van der Waals surface area contributed by atoms with Gasteiger partial charge in [0.05, 0.1) is 16.6 Å². The fourth-order valence-electron chi connectivity index (χ4n) is 1.67. The van der Waals surface area contributed by atoms with Gasteiger partial charge in [0.2, 0.25) is 5.91 Å². The van der Waals surface area contributed by atoms with Gasteiger partial charge in [0.25, 0.3) is 0 Å². The molecule has 20 heavy (non-hydrogen) atoms. The second kappa shape index (κ2) is 6.45. The van der Waals surface area contributed by atoms with Crippen LogP contribution in [0.25, 0.3) is 0 Å². The lowest BCUT2D eigenvalue weighted by Gasteiger charge is -2.15. The zero-order valence-corrected chi connectivity index (χ0v) is 11.8. The Morgan fingerprint density at radius 3 is 2.50 bits per heavy atom. The van der Waals surface area contributed by atoms with Crippen LogP contribution in [0.1, 0.15) is 25.8 Å². The molecule has 112 valence electrons. The molecule has 0 fully saturated rings. The third kappa shape index (κ3) is 4.68. The van der Waals surface area contributed by atoms with Crippen molar-refractivity contribution in [1.82, 2.24) is 0 Å². The van der Waals surface area contributed by atoms with Crippen LogP contribution >= 0.6 is 11.6 Å². The summed E-state index contributed by atoms with van der Waals surface area (Å²) in [5.41, 5.74) is 4.69. The minimum Gasteiger partial charge on any atom is -0.325 e. The second-order valence-electron chi connectivity index (χ2n) is 4.92. The molecule has 1 atom stereocenters. The van der Waals surface area contributed by atoms with Gasteiger partial charge in [0.1, 0.15) is 0 Å². The number of hydrogen-bond acceptors (Lipinski definition) is 2. The molecule has 1 amide bonds. The first-order chi connectivity index (χ1) is 9.11. The number of amides is 1. The van der Waals surface area contributed by atoms with Gasteiger partial charge in [0.15, 0.2) is 0 Å². The first-order valence-electron chi connectivity index (χ1n) is 6.04. The average molecular weight is 309 g/mol. The van der Waals surface area contributed by atoms with Gasteiger partial charge in [-0.1, -0.05) is 25.4 Å². The number of hydrogen-bond donors (Lipinski definition) is 2. The molecule has 0 saturated carbocycles. The molecule has 1 aromatic carbocycles. The van der Waals surface area contributed by atoms with E-state index in [1.165, 1.54) is 6.07 Å². The van der Waals surface area contributed by atoms with Crippen LogP contribution in [-0.4, -0.2) is 11.9 Å². The highest BCUT2D eigenvalue weighted by Gasteiger charge is 2.33. The van der Waals surface area contributed by atoms with E-state index in [1.807, 2.05) is 13.8 Å². The van der Waals surface area contributed by atoms with Gasteiger partial charge in [-0.2, -0.15) is 13.2 Å². The fraction of sp³-hybridized carbons (Fsp3) is 0.462. The van der Waals surface area contributed by atoms with Gasteiger partial charge in [0, 0.05) is 5.69 Å². The number of halogens is 4. The lowest BCUT2D eigenvalue weighted by molar-refractivity contribution is -0.137. The number of rotatable bonds is 4. The van der Waals surface area contributed by atoms with Crippen molar-refractivity contribution in [2.75, 3.05) is 5.32 Å². The maximum Gasteiger partial charge on any atom is 0.417 e. The molecule has 1 rings (SSSR count). The predicted molar refractivity (Wildman–Crippen MR) is 72.5 cm³/mol. The Balaban J connectivity index is 2.86. The Bertz CT molecular complexity index is 489. The summed E-state index contributed by atoms with van der Waals surface area (Å²) < 4.78 is 38.0. The number of carbonyl (C=O) groups excluding carboxylic acids is 1. The molecule has 0 aliphatic carbocycles. The van der Waals surface area contributed by atoms with E-state index in [9.17, 15) is 18.0 Å². The Labute approximate surface area is 120 Å². The lowest BCUT2D eigenvalue weighted by atomic mass is 10.0. The van der Waals surface area contributed by atoms with Crippen molar-refractivity contribution in [3.05, 3.63) is 28.8 Å². The quantitative estimate of drug-likeness (QED) is 0.891. The van der Waals surface area contributed by atoms with E-state index in [4.69, 9.17) is 17.3 Å². The van der Waals surface area contributed by atoms with Crippen LogP contribution in [0.15, 0.2) is 18.2 Å². The van der Waals surface area contributed by atoms with E-state index in [0.717, 1.165) is 12.1 Å². The SMILES string of the molecule is CC(C)C[C@@H](N)C(=O)Nc1ccc(Cl)c(C(F)(F)F)c1. The number of nitrogens with two attached hydrogens (primary N) is 1. The van der Waals surface area contributed by atoms with E-state index < -0.39 is 28.7 Å². The molecule has 3 N–H and O–H groups in total. The summed E-state index contributed by atoms with van der Waals surface area (Å²) in [6.07, 6.45) is -4.12. The minimum atomic E-state index is -4.57. The minimum absolute atomic E-state index is 0.0194. The van der Waals surface area contributed by atoms with Crippen LogP contribution in [0.4, 0.5) is 18.9 Å². The summed E-state index contributed by atoms with van der Waals surface area (Å²) in [4.78, 5) is 11.7. The van der Waals surface area contributed by atoms with Crippen molar-refractivity contribution in [3.8, 4) is 0 Å². The third-order valence-corrected chi connectivity index (χ3v) is 2.93. The smallest absolute Gasteiger partial charge is 0.325 e. The highest BCUT2D eigenvalue weighted by Crippen LogP contribution is 2.36. The van der Waals surface area contributed by atoms with Gasteiger partial charge in [-0.15, -0.1) is 0 Å². The topological polar surface area (TPSA) is 55.1 Å². The molecular weight excluding hydrogens is 293 g/mol. The molecule has 0 heterocycles. The molecule has 0 saturated heterocycles. The Kier molecular flexibility index (Phi) is 5.42. The first kappa shape index (κ1) is 16.8. The monoisotopic (exact) mass is 308 g/mol. The standard InChI is InChI=1S/C13H16ClF3N2O/c1-7(2)5-11(18)12(20)19-8-3-4-10(14)9(6-8)13(15,16)17/h3-4,6-7,11H,5,18H2,1-2H3,(H,19,20)/t11-/m1/s1. The van der Waals surface area contributed by atoms with Crippen LogP contribution in [0, 0.1) is 5.92 Å². The van der Waals surface area contributed by atoms with Gasteiger partial charge >= 0.3 is 6.18 Å². The summed E-state index contributed by atoms with van der Waals surface area (Å²) >= 11 is 5.49. The molecule has 0 aromatic heterocycles. The van der Waals surface area contributed by atoms with Gasteiger partial charge in [-0.05, 0) is 30.5 Å². The highest BCUT2D eigenvalue weighted by molar-refractivity contribution is 6.31. The number of alkyl halides is 3. The summed E-state index contributed by atoms with van der Waals surface area (Å²) in [7, 11) is 0. The number of carbonyl (C=O) groups is 1. The molecule has 0 bridgehead atoms. The zero-order valence-electron chi connectivity index (χ0n) is 11.1. The predicted octanol–water partition coefficient (Wildman–Crippen LogP) is 3.67. The maximum absolute atomic E-state index is 12.7. The molecule has 3 nitrogen and oxygen atoms in total. The lowest BCUT2D eigenvalue weighted by Crippen LogP contribution is -2.36. The molecule has 7 heteroatoms. The summed E-state index contributed by atoms with van der Waals surface area (Å²) in [6.45, 7) is 3.80. The maximum atomic E-state index is 12.7.